The van der Waals surface area contributed by atoms with Crippen molar-refractivity contribution in [1.29, 1.82) is 0 Å². The molecule has 27 heavy (non-hydrogen) atoms. The second-order valence-electron chi connectivity index (χ2n) is 6.96. The predicted octanol–water partition coefficient (Wildman–Crippen LogP) is 5.04. The Bertz CT molecular complexity index is 766. The fourth-order valence-electron chi connectivity index (χ4n) is 2.80. The molecule has 4 nitrogen and oxygen atoms in total. The Morgan fingerprint density at radius 2 is 1.74 bits per heavy atom. The number of aryl methyl sites for hydroxylation is 2. The molecule has 2 rings (SSSR count). The van der Waals surface area contributed by atoms with Gasteiger partial charge < -0.3 is 14.8 Å². The molecule has 0 bridgehead atoms. The van der Waals surface area contributed by atoms with Crippen molar-refractivity contribution in [2.45, 2.75) is 46.6 Å². The Balaban J connectivity index is 1.82. The van der Waals surface area contributed by atoms with Gasteiger partial charge in [0.1, 0.15) is 18.1 Å². The monoisotopic (exact) mass is 389 g/mol. The van der Waals surface area contributed by atoms with Crippen molar-refractivity contribution in [3.8, 4) is 11.5 Å². The topological polar surface area (TPSA) is 47.6 Å². The zero-order chi connectivity index (χ0) is 20.0. The maximum atomic E-state index is 12.3. The van der Waals surface area contributed by atoms with Crippen LogP contribution < -0.4 is 14.8 Å². The third-order valence-electron chi connectivity index (χ3n) is 4.29. The van der Waals surface area contributed by atoms with Crippen molar-refractivity contribution in [2.75, 3.05) is 13.2 Å². The molecule has 0 aliphatic rings. The molecule has 1 amide bonds. The number of halogens is 1. The van der Waals surface area contributed by atoms with E-state index in [0.29, 0.717) is 24.8 Å². The first-order valence-corrected chi connectivity index (χ1v) is 9.60. The molecule has 0 radical (unpaired) electrons. The van der Waals surface area contributed by atoms with Crippen LogP contribution in [0.4, 0.5) is 0 Å². The van der Waals surface area contributed by atoms with Gasteiger partial charge in [-0.3, -0.25) is 4.79 Å². The minimum absolute atomic E-state index is 0.180. The maximum absolute atomic E-state index is 12.3. The van der Waals surface area contributed by atoms with Gasteiger partial charge in [0.2, 0.25) is 0 Å². The van der Waals surface area contributed by atoms with Gasteiger partial charge in [0, 0.05) is 5.02 Å². The highest BCUT2D eigenvalue weighted by Crippen LogP contribution is 2.27. The van der Waals surface area contributed by atoms with E-state index in [1.165, 1.54) is 0 Å². The highest BCUT2D eigenvalue weighted by atomic mass is 35.5. The van der Waals surface area contributed by atoms with Crippen LogP contribution in [0.2, 0.25) is 5.02 Å². The molecule has 0 heterocycles. The van der Waals surface area contributed by atoms with Gasteiger partial charge in [-0.15, -0.1) is 0 Å². The smallest absolute Gasteiger partial charge is 0.260 e. The van der Waals surface area contributed by atoms with Crippen molar-refractivity contribution in [3.63, 3.8) is 0 Å². The number of rotatable bonds is 8. The van der Waals surface area contributed by atoms with Gasteiger partial charge in [-0.05, 0) is 61.6 Å². The first-order chi connectivity index (χ1) is 12.8. The lowest BCUT2D eigenvalue weighted by atomic mass is 10.0. The van der Waals surface area contributed by atoms with Crippen molar-refractivity contribution in [3.05, 3.63) is 58.1 Å². The summed E-state index contributed by atoms with van der Waals surface area (Å²) >= 11 is 6.17. The number of amides is 1. The number of para-hydroxylation sites is 1. The van der Waals surface area contributed by atoms with Crippen molar-refractivity contribution in [2.24, 2.45) is 0 Å². The molecule has 0 spiro atoms. The lowest BCUT2D eigenvalue weighted by Crippen LogP contribution is -2.38. The van der Waals surface area contributed by atoms with E-state index in [1.807, 2.05) is 44.2 Å². The van der Waals surface area contributed by atoms with Crippen LogP contribution in [-0.4, -0.2) is 25.2 Å². The van der Waals surface area contributed by atoms with Crippen LogP contribution in [0.25, 0.3) is 0 Å². The lowest BCUT2D eigenvalue weighted by Gasteiger charge is -2.17. The molecule has 0 fully saturated rings. The van der Waals surface area contributed by atoms with Crippen molar-refractivity contribution in [1.82, 2.24) is 5.32 Å². The minimum atomic E-state index is -0.604. The number of hydrogen-bond donors (Lipinski definition) is 1. The normalized spacial score (nSPS) is 12.0. The second kappa shape index (κ2) is 9.65. The average Bonchev–Trinajstić information content (AvgIpc) is 2.63. The average molecular weight is 390 g/mol. The molecular formula is C22H28ClNO3. The van der Waals surface area contributed by atoms with Crippen LogP contribution in [0.1, 0.15) is 43.4 Å². The summed E-state index contributed by atoms with van der Waals surface area (Å²) in [7, 11) is 0. The molecule has 0 aliphatic carbocycles. The molecule has 5 heteroatoms. The van der Waals surface area contributed by atoms with E-state index in [0.717, 1.165) is 27.5 Å². The summed E-state index contributed by atoms with van der Waals surface area (Å²) in [6.45, 7) is 10.6. The van der Waals surface area contributed by atoms with Crippen LogP contribution >= 0.6 is 11.6 Å². The summed E-state index contributed by atoms with van der Waals surface area (Å²) in [5.41, 5.74) is 3.02. The standard InChI is InChI=1S/C22H28ClNO3/c1-14(2)19-8-6-7-9-20(19)26-11-10-24-22(25)17(5)27-18-12-15(3)21(23)16(4)13-18/h6-9,12-14,17H,10-11H2,1-5H3,(H,24,25). The Kier molecular flexibility index (Phi) is 7.55. The van der Waals surface area contributed by atoms with Crippen LogP contribution in [0.15, 0.2) is 36.4 Å². The fourth-order valence-corrected chi connectivity index (χ4v) is 2.91. The van der Waals surface area contributed by atoms with Crippen LogP contribution in [0.3, 0.4) is 0 Å². The SMILES string of the molecule is Cc1cc(OC(C)C(=O)NCCOc2ccccc2C(C)C)cc(C)c1Cl. The van der Waals surface area contributed by atoms with E-state index in [4.69, 9.17) is 21.1 Å². The van der Waals surface area contributed by atoms with Crippen molar-refractivity contribution < 1.29 is 14.3 Å². The highest BCUT2D eigenvalue weighted by Gasteiger charge is 2.15. The van der Waals surface area contributed by atoms with E-state index < -0.39 is 6.10 Å². The van der Waals surface area contributed by atoms with E-state index in [1.54, 1.807) is 6.92 Å². The van der Waals surface area contributed by atoms with E-state index >= 15 is 0 Å². The van der Waals surface area contributed by atoms with Crippen LogP contribution in [0, 0.1) is 13.8 Å². The quantitative estimate of drug-likeness (QED) is 0.643. The van der Waals surface area contributed by atoms with Gasteiger partial charge in [0.15, 0.2) is 6.10 Å². The Morgan fingerprint density at radius 3 is 2.37 bits per heavy atom. The van der Waals surface area contributed by atoms with Gasteiger partial charge in [0.25, 0.3) is 5.91 Å². The van der Waals surface area contributed by atoms with Gasteiger partial charge in [-0.2, -0.15) is 0 Å². The lowest BCUT2D eigenvalue weighted by molar-refractivity contribution is -0.127. The molecule has 0 saturated heterocycles. The molecule has 0 aliphatic heterocycles. The molecule has 146 valence electrons. The first kappa shape index (κ1) is 21.1. The molecule has 2 aromatic rings. The summed E-state index contributed by atoms with van der Waals surface area (Å²) in [6.07, 6.45) is -0.604. The minimum Gasteiger partial charge on any atom is -0.491 e. The molecule has 1 atom stereocenters. The third kappa shape index (κ3) is 5.90. The van der Waals surface area contributed by atoms with Gasteiger partial charge in [0.05, 0.1) is 6.54 Å². The molecule has 0 aromatic heterocycles. The van der Waals surface area contributed by atoms with Crippen molar-refractivity contribution >= 4 is 17.5 Å². The molecule has 1 N–H and O–H groups in total. The van der Waals surface area contributed by atoms with Gasteiger partial charge in [-0.1, -0.05) is 43.6 Å². The zero-order valence-corrected chi connectivity index (χ0v) is 17.4. The number of hydrogen-bond acceptors (Lipinski definition) is 3. The summed E-state index contributed by atoms with van der Waals surface area (Å²) in [5, 5.41) is 3.57. The Hall–Kier alpha value is -2.20. The maximum Gasteiger partial charge on any atom is 0.260 e. The molecule has 1 unspecified atom stereocenters. The molecular weight excluding hydrogens is 362 g/mol. The third-order valence-corrected chi connectivity index (χ3v) is 4.89. The Labute approximate surface area is 166 Å². The molecule has 2 aromatic carbocycles. The molecule has 0 saturated carbocycles. The zero-order valence-electron chi connectivity index (χ0n) is 16.6. The summed E-state index contributed by atoms with van der Waals surface area (Å²) < 4.78 is 11.6. The van der Waals surface area contributed by atoms with Crippen LogP contribution in [-0.2, 0) is 4.79 Å². The summed E-state index contributed by atoms with van der Waals surface area (Å²) in [5.74, 6) is 1.70. The number of ether oxygens (including phenoxy) is 2. The van der Waals surface area contributed by atoms with Gasteiger partial charge in [-0.25, -0.2) is 0 Å². The fraction of sp³-hybridized carbons (Fsp3) is 0.409. The summed E-state index contributed by atoms with van der Waals surface area (Å²) in [4.78, 5) is 12.3. The first-order valence-electron chi connectivity index (χ1n) is 9.22. The van der Waals surface area contributed by atoms with E-state index in [-0.39, 0.29) is 5.91 Å². The second-order valence-corrected chi connectivity index (χ2v) is 7.34. The number of nitrogens with one attached hydrogen (secondary N) is 1. The largest absolute Gasteiger partial charge is 0.491 e. The van der Waals surface area contributed by atoms with E-state index in [2.05, 4.69) is 25.2 Å². The highest BCUT2D eigenvalue weighted by molar-refractivity contribution is 6.32. The van der Waals surface area contributed by atoms with Crippen LogP contribution in [0.5, 0.6) is 11.5 Å². The predicted molar refractivity (Wildman–Crippen MR) is 110 cm³/mol. The van der Waals surface area contributed by atoms with E-state index in [9.17, 15) is 4.79 Å². The van der Waals surface area contributed by atoms with Gasteiger partial charge >= 0.3 is 0 Å². The summed E-state index contributed by atoms with van der Waals surface area (Å²) in [6, 6.07) is 11.6. The number of carbonyl (C=O) groups is 1. The number of benzene rings is 2. The Morgan fingerprint density at radius 1 is 1.11 bits per heavy atom. The number of carbonyl (C=O) groups excluding carboxylic acids is 1.